The number of nitrogens with zero attached hydrogens (tertiary/aromatic N) is 1. The van der Waals surface area contributed by atoms with Gasteiger partial charge in [-0.05, 0) is 17.0 Å². The van der Waals surface area contributed by atoms with Crippen molar-refractivity contribution in [1.29, 1.82) is 0 Å². The minimum atomic E-state index is -0.0867. The maximum absolute atomic E-state index is 10.2. The van der Waals surface area contributed by atoms with Gasteiger partial charge in [0.2, 0.25) is 0 Å². The summed E-state index contributed by atoms with van der Waals surface area (Å²) >= 11 is 0. The van der Waals surface area contributed by atoms with Gasteiger partial charge in [-0.3, -0.25) is 4.99 Å². The smallest absolute Gasteiger partial charge is 0.128 e. The van der Waals surface area contributed by atoms with Gasteiger partial charge < -0.3 is 15.5 Å². The van der Waals surface area contributed by atoms with Gasteiger partial charge in [-0.15, -0.1) is 0 Å². The fourth-order valence-electron chi connectivity index (χ4n) is 1.78. The van der Waals surface area contributed by atoms with E-state index in [2.05, 4.69) is 31.1 Å². The molecule has 3 N–H and O–H groups in total. The van der Waals surface area contributed by atoms with Crippen molar-refractivity contribution in [2.45, 2.75) is 26.2 Å². The molecule has 1 rings (SSSR count). The van der Waals surface area contributed by atoms with Gasteiger partial charge in [0.1, 0.15) is 5.75 Å². The number of phenols is 1. The third-order valence-corrected chi connectivity index (χ3v) is 2.81. The van der Waals surface area contributed by atoms with Crippen molar-refractivity contribution in [1.82, 2.24) is 5.32 Å². The van der Waals surface area contributed by atoms with Crippen molar-refractivity contribution < 1.29 is 10.2 Å². The monoisotopic (exact) mass is 264 g/mol. The average Bonchev–Trinajstić information content (AvgIpc) is 2.34. The second kappa shape index (κ2) is 7.26. The normalized spacial score (nSPS) is 12.2. The molecule has 4 nitrogen and oxygen atoms in total. The number of aliphatic hydroxyl groups excluding tert-OH is 1. The molecule has 0 bridgehead atoms. The van der Waals surface area contributed by atoms with Gasteiger partial charge in [0, 0.05) is 24.9 Å². The van der Waals surface area contributed by atoms with Crippen LogP contribution in [0.5, 0.6) is 5.75 Å². The van der Waals surface area contributed by atoms with Gasteiger partial charge >= 0.3 is 0 Å². The molecule has 0 unspecified atom stereocenters. The van der Waals surface area contributed by atoms with E-state index in [4.69, 9.17) is 5.11 Å². The molecule has 0 spiro atoms. The molecule has 4 heteroatoms. The molecule has 0 radical (unpaired) electrons. The summed E-state index contributed by atoms with van der Waals surface area (Å²) in [6.45, 7) is 8.28. The summed E-state index contributed by atoms with van der Waals surface area (Å²) in [6, 6.07) is 5.73. The number of rotatable bonds is 6. The van der Waals surface area contributed by atoms with E-state index >= 15 is 0 Å². The van der Waals surface area contributed by atoms with E-state index in [1.54, 1.807) is 6.21 Å². The topological polar surface area (TPSA) is 64.9 Å². The molecule has 0 aliphatic carbocycles. The molecule has 0 aromatic heterocycles. The Balaban J connectivity index is 2.67. The largest absolute Gasteiger partial charge is 0.507 e. The number of aliphatic imine (C=N–C) groups is 1. The van der Waals surface area contributed by atoms with Crippen molar-refractivity contribution >= 4 is 6.21 Å². The maximum Gasteiger partial charge on any atom is 0.128 e. The Morgan fingerprint density at radius 3 is 2.63 bits per heavy atom. The van der Waals surface area contributed by atoms with Crippen LogP contribution in [0.15, 0.2) is 23.2 Å². The molecule has 19 heavy (non-hydrogen) atoms. The van der Waals surface area contributed by atoms with E-state index in [1.807, 2.05) is 18.2 Å². The Morgan fingerprint density at radius 1 is 1.26 bits per heavy atom. The summed E-state index contributed by atoms with van der Waals surface area (Å²) in [5, 5.41) is 21.9. The van der Waals surface area contributed by atoms with Gasteiger partial charge in [0.25, 0.3) is 0 Å². The van der Waals surface area contributed by atoms with Gasteiger partial charge in [-0.2, -0.15) is 0 Å². The first-order chi connectivity index (χ1) is 8.96. The summed E-state index contributed by atoms with van der Waals surface area (Å²) in [4.78, 5) is 4.27. The SMILES string of the molecule is CC(C)(C)c1cccc(C=NCCNCCO)c1O. The lowest BCUT2D eigenvalue weighted by Gasteiger charge is -2.21. The zero-order valence-electron chi connectivity index (χ0n) is 12.0. The van der Waals surface area contributed by atoms with Gasteiger partial charge in [-0.1, -0.05) is 32.9 Å². The number of nitrogens with one attached hydrogen (secondary N) is 1. The lowest BCUT2D eigenvalue weighted by Crippen LogP contribution is -2.21. The van der Waals surface area contributed by atoms with Crippen LogP contribution in [0.1, 0.15) is 31.9 Å². The second-order valence-corrected chi connectivity index (χ2v) is 5.50. The van der Waals surface area contributed by atoms with Crippen LogP contribution in [0.25, 0.3) is 0 Å². The van der Waals surface area contributed by atoms with Crippen molar-refractivity contribution in [3.05, 3.63) is 29.3 Å². The number of benzene rings is 1. The maximum atomic E-state index is 10.2. The van der Waals surface area contributed by atoms with Gasteiger partial charge in [0.05, 0.1) is 13.2 Å². The first-order valence-electron chi connectivity index (χ1n) is 6.60. The van der Waals surface area contributed by atoms with Crippen molar-refractivity contribution in [2.24, 2.45) is 4.99 Å². The van der Waals surface area contributed by atoms with Crippen LogP contribution in [0, 0.1) is 0 Å². The van der Waals surface area contributed by atoms with Crippen molar-refractivity contribution in [2.75, 3.05) is 26.2 Å². The highest BCUT2D eigenvalue weighted by Crippen LogP contribution is 2.32. The number of hydrogen-bond acceptors (Lipinski definition) is 4. The third-order valence-electron chi connectivity index (χ3n) is 2.81. The first-order valence-corrected chi connectivity index (χ1v) is 6.60. The molecule has 106 valence electrons. The molecule has 0 saturated carbocycles. The van der Waals surface area contributed by atoms with Crippen LogP contribution in [0.2, 0.25) is 0 Å². The van der Waals surface area contributed by atoms with E-state index < -0.39 is 0 Å². The van der Waals surface area contributed by atoms with E-state index in [1.165, 1.54) is 0 Å². The van der Waals surface area contributed by atoms with Crippen LogP contribution < -0.4 is 5.32 Å². The predicted octanol–water partition coefficient (Wildman–Crippen LogP) is 1.69. The Bertz CT molecular complexity index is 423. The zero-order chi connectivity index (χ0) is 14.3. The molecule has 1 aromatic carbocycles. The summed E-state index contributed by atoms with van der Waals surface area (Å²) in [5.41, 5.74) is 1.58. The molecule has 0 saturated heterocycles. The predicted molar refractivity (Wildman–Crippen MR) is 79.2 cm³/mol. The Kier molecular flexibility index (Phi) is 5.99. The lowest BCUT2D eigenvalue weighted by molar-refractivity contribution is 0.293. The first kappa shape index (κ1) is 15.7. The highest BCUT2D eigenvalue weighted by Gasteiger charge is 2.18. The standard InChI is InChI=1S/C15H24N2O2/c1-15(2,3)13-6-4-5-12(14(13)19)11-17-8-7-16-9-10-18/h4-6,11,16,18-19H,7-10H2,1-3H3. The van der Waals surface area contributed by atoms with E-state index in [9.17, 15) is 5.11 Å². The fraction of sp³-hybridized carbons (Fsp3) is 0.533. The molecule has 0 fully saturated rings. The molecule has 0 amide bonds. The highest BCUT2D eigenvalue weighted by atomic mass is 16.3. The quantitative estimate of drug-likeness (QED) is 0.541. The van der Waals surface area contributed by atoms with E-state index in [0.717, 1.165) is 17.7 Å². The number of hydrogen-bond donors (Lipinski definition) is 3. The third kappa shape index (κ3) is 5.01. The lowest BCUT2D eigenvalue weighted by atomic mass is 9.85. The highest BCUT2D eigenvalue weighted by molar-refractivity contribution is 5.84. The molecule has 1 aromatic rings. The minimum absolute atomic E-state index is 0.0867. The minimum Gasteiger partial charge on any atom is -0.507 e. The van der Waals surface area contributed by atoms with Crippen molar-refractivity contribution in [3.8, 4) is 5.75 Å². The molecule has 0 heterocycles. The second-order valence-electron chi connectivity index (χ2n) is 5.50. The van der Waals surface area contributed by atoms with Crippen LogP contribution in [-0.2, 0) is 5.41 Å². The fourth-order valence-corrected chi connectivity index (χ4v) is 1.78. The van der Waals surface area contributed by atoms with Gasteiger partial charge in [-0.25, -0.2) is 0 Å². The number of para-hydroxylation sites is 1. The molecular weight excluding hydrogens is 240 g/mol. The van der Waals surface area contributed by atoms with Crippen LogP contribution in [0.4, 0.5) is 0 Å². The number of aromatic hydroxyl groups is 1. The molecule has 0 aliphatic heterocycles. The molecule has 0 atom stereocenters. The Hall–Kier alpha value is -1.39. The molecular formula is C15H24N2O2. The van der Waals surface area contributed by atoms with Crippen LogP contribution >= 0.6 is 0 Å². The Labute approximate surface area is 115 Å². The van der Waals surface area contributed by atoms with E-state index in [-0.39, 0.29) is 12.0 Å². The van der Waals surface area contributed by atoms with E-state index in [0.29, 0.717) is 18.8 Å². The van der Waals surface area contributed by atoms with Crippen LogP contribution in [-0.4, -0.2) is 42.7 Å². The zero-order valence-corrected chi connectivity index (χ0v) is 12.0. The number of phenolic OH excluding ortho intramolecular Hbond substituents is 1. The summed E-state index contributed by atoms with van der Waals surface area (Å²) < 4.78 is 0. The summed E-state index contributed by atoms with van der Waals surface area (Å²) in [7, 11) is 0. The van der Waals surface area contributed by atoms with Crippen molar-refractivity contribution in [3.63, 3.8) is 0 Å². The summed E-state index contributed by atoms with van der Waals surface area (Å²) in [6.07, 6.45) is 1.70. The number of aliphatic hydroxyl groups is 1. The Morgan fingerprint density at radius 2 is 2.00 bits per heavy atom. The van der Waals surface area contributed by atoms with Gasteiger partial charge in [0.15, 0.2) is 0 Å². The average molecular weight is 264 g/mol. The summed E-state index contributed by atoms with van der Waals surface area (Å²) in [5.74, 6) is 0.307. The molecule has 0 aliphatic rings. The van der Waals surface area contributed by atoms with Crippen LogP contribution in [0.3, 0.4) is 0 Å².